The van der Waals surface area contributed by atoms with Crippen LogP contribution < -0.4 is 9.47 Å². The number of halogens is 1. The van der Waals surface area contributed by atoms with Crippen LogP contribution in [-0.2, 0) is 6.42 Å². The summed E-state index contributed by atoms with van der Waals surface area (Å²) in [4.78, 5) is 17.2. The monoisotopic (exact) mass is 386 g/mol. The summed E-state index contributed by atoms with van der Waals surface area (Å²) in [7, 11) is 3.12. The molecule has 0 saturated carbocycles. The molecule has 0 spiro atoms. The van der Waals surface area contributed by atoms with Crippen molar-refractivity contribution < 1.29 is 18.7 Å². The first-order valence-electron chi connectivity index (χ1n) is 9.59. The lowest BCUT2D eigenvalue weighted by atomic mass is 10.1. The Labute approximate surface area is 165 Å². The highest BCUT2D eigenvalue weighted by molar-refractivity contribution is 5.99. The Morgan fingerprint density at radius 1 is 1.00 bits per heavy atom. The molecule has 1 saturated heterocycles. The molecule has 2 aromatic rings. The molecule has 1 fully saturated rings. The first-order chi connectivity index (χ1) is 13.6. The molecular weight excluding hydrogens is 359 g/mol. The van der Waals surface area contributed by atoms with Crippen LogP contribution in [0.4, 0.5) is 4.39 Å². The fourth-order valence-electron chi connectivity index (χ4n) is 3.59. The molecule has 0 radical (unpaired) electrons. The molecule has 0 aromatic heterocycles. The number of hydrogen-bond donors (Lipinski definition) is 0. The van der Waals surface area contributed by atoms with E-state index < -0.39 is 0 Å². The summed E-state index contributed by atoms with van der Waals surface area (Å²) in [5.74, 6) is 0.814. The van der Waals surface area contributed by atoms with E-state index in [1.165, 1.54) is 6.07 Å². The fourth-order valence-corrected chi connectivity index (χ4v) is 3.59. The van der Waals surface area contributed by atoms with Crippen molar-refractivity contribution in [1.82, 2.24) is 9.80 Å². The van der Waals surface area contributed by atoms with Gasteiger partial charge in [-0.25, -0.2) is 4.39 Å². The van der Waals surface area contributed by atoms with E-state index in [9.17, 15) is 9.18 Å². The Balaban J connectivity index is 1.52. The molecule has 1 amide bonds. The molecule has 5 nitrogen and oxygen atoms in total. The van der Waals surface area contributed by atoms with Crippen LogP contribution in [-0.4, -0.2) is 62.7 Å². The number of carbonyl (C=O) groups is 1. The van der Waals surface area contributed by atoms with Gasteiger partial charge in [0.05, 0.1) is 14.2 Å². The van der Waals surface area contributed by atoms with Crippen LogP contribution in [0.2, 0.25) is 0 Å². The molecule has 0 atom stereocenters. The van der Waals surface area contributed by atoms with Gasteiger partial charge in [-0.2, -0.15) is 0 Å². The topological polar surface area (TPSA) is 42.0 Å². The van der Waals surface area contributed by atoms with Gasteiger partial charge in [-0.05, 0) is 49.2 Å². The van der Waals surface area contributed by atoms with E-state index >= 15 is 0 Å². The Morgan fingerprint density at radius 2 is 1.64 bits per heavy atom. The highest BCUT2D eigenvalue weighted by atomic mass is 19.1. The van der Waals surface area contributed by atoms with E-state index in [0.29, 0.717) is 30.2 Å². The molecule has 28 heavy (non-hydrogen) atoms. The van der Waals surface area contributed by atoms with Gasteiger partial charge in [-0.1, -0.05) is 18.2 Å². The summed E-state index contributed by atoms with van der Waals surface area (Å²) in [6, 6.07) is 12.1. The zero-order valence-electron chi connectivity index (χ0n) is 16.5. The molecule has 1 aliphatic rings. The van der Waals surface area contributed by atoms with Crippen molar-refractivity contribution in [2.24, 2.45) is 0 Å². The SMILES string of the molecule is COc1cccc(OC)c1C(=O)N1CCN(CCCc2cccc(F)c2)CC1. The molecule has 2 aromatic carbocycles. The van der Waals surface area contributed by atoms with Gasteiger partial charge in [0.15, 0.2) is 0 Å². The van der Waals surface area contributed by atoms with Crippen LogP contribution in [0.25, 0.3) is 0 Å². The average Bonchev–Trinajstić information content (AvgIpc) is 2.73. The second kappa shape index (κ2) is 9.55. The Kier molecular flexibility index (Phi) is 6.87. The molecule has 0 N–H and O–H groups in total. The second-order valence-corrected chi connectivity index (χ2v) is 6.90. The Morgan fingerprint density at radius 3 is 2.25 bits per heavy atom. The summed E-state index contributed by atoms with van der Waals surface area (Å²) in [6.45, 7) is 3.93. The quantitative estimate of drug-likeness (QED) is 0.733. The third-order valence-corrected chi connectivity index (χ3v) is 5.13. The van der Waals surface area contributed by atoms with Crippen molar-refractivity contribution in [2.45, 2.75) is 12.8 Å². The summed E-state index contributed by atoms with van der Waals surface area (Å²) in [6.07, 6.45) is 1.83. The van der Waals surface area contributed by atoms with Crippen molar-refractivity contribution in [3.05, 3.63) is 59.4 Å². The van der Waals surface area contributed by atoms with Gasteiger partial charge < -0.3 is 14.4 Å². The van der Waals surface area contributed by atoms with E-state index in [-0.39, 0.29) is 11.7 Å². The van der Waals surface area contributed by atoms with Gasteiger partial charge >= 0.3 is 0 Å². The number of hydrogen-bond acceptors (Lipinski definition) is 4. The molecule has 0 bridgehead atoms. The first kappa shape index (κ1) is 20.1. The van der Waals surface area contributed by atoms with E-state index in [0.717, 1.165) is 38.0 Å². The van der Waals surface area contributed by atoms with Gasteiger partial charge in [0.25, 0.3) is 5.91 Å². The number of methoxy groups -OCH3 is 2. The number of ether oxygens (including phenoxy) is 2. The molecule has 0 aliphatic carbocycles. The normalized spacial score (nSPS) is 14.8. The third-order valence-electron chi connectivity index (χ3n) is 5.13. The second-order valence-electron chi connectivity index (χ2n) is 6.90. The highest BCUT2D eigenvalue weighted by Crippen LogP contribution is 2.29. The van der Waals surface area contributed by atoms with Crippen LogP contribution in [0.3, 0.4) is 0 Å². The number of carbonyl (C=O) groups excluding carboxylic acids is 1. The summed E-state index contributed by atoms with van der Waals surface area (Å²) >= 11 is 0. The zero-order chi connectivity index (χ0) is 19.9. The summed E-state index contributed by atoms with van der Waals surface area (Å²) in [5, 5.41) is 0. The fraction of sp³-hybridized carbons (Fsp3) is 0.409. The number of amides is 1. The van der Waals surface area contributed by atoms with E-state index in [1.807, 2.05) is 17.0 Å². The van der Waals surface area contributed by atoms with Gasteiger partial charge in [0.1, 0.15) is 22.9 Å². The molecule has 0 unspecified atom stereocenters. The van der Waals surface area contributed by atoms with Gasteiger partial charge in [0, 0.05) is 26.2 Å². The zero-order valence-corrected chi connectivity index (χ0v) is 16.5. The summed E-state index contributed by atoms with van der Waals surface area (Å²) < 4.78 is 24.0. The molecular formula is C22H27FN2O3. The maximum Gasteiger partial charge on any atom is 0.261 e. The number of piperazine rings is 1. The molecule has 1 heterocycles. The van der Waals surface area contributed by atoms with E-state index in [4.69, 9.17) is 9.47 Å². The number of aryl methyl sites for hydroxylation is 1. The van der Waals surface area contributed by atoms with Gasteiger partial charge in [-0.15, -0.1) is 0 Å². The Bertz CT molecular complexity index is 782. The van der Waals surface area contributed by atoms with Crippen molar-refractivity contribution >= 4 is 5.91 Å². The maximum absolute atomic E-state index is 13.3. The minimum Gasteiger partial charge on any atom is -0.496 e. The molecule has 3 rings (SSSR count). The molecule has 6 heteroatoms. The lowest BCUT2D eigenvalue weighted by Crippen LogP contribution is -2.49. The molecule has 1 aliphatic heterocycles. The Hall–Kier alpha value is -2.60. The smallest absolute Gasteiger partial charge is 0.261 e. The van der Waals surface area contributed by atoms with Crippen molar-refractivity contribution in [3.8, 4) is 11.5 Å². The minimum atomic E-state index is -0.184. The van der Waals surface area contributed by atoms with Crippen LogP contribution in [0.1, 0.15) is 22.3 Å². The van der Waals surface area contributed by atoms with Gasteiger partial charge in [0.2, 0.25) is 0 Å². The molecule has 150 valence electrons. The highest BCUT2D eigenvalue weighted by Gasteiger charge is 2.26. The minimum absolute atomic E-state index is 0.0614. The van der Waals surface area contributed by atoms with Crippen molar-refractivity contribution in [3.63, 3.8) is 0 Å². The van der Waals surface area contributed by atoms with E-state index in [1.54, 1.807) is 38.5 Å². The van der Waals surface area contributed by atoms with Crippen LogP contribution in [0.5, 0.6) is 11.5 Å². The van der Waals surface area contributed by atoms with Crippen LogP contribution >= 0.6 is 0 Å². The van der Waals surface area contributed by atoms with Crippen LogP contribution in [0.15, 0.2) is 42.5 Å². The van der Waals surface area contributed by atoms with Crippen LogP contribution in [0, 0.1) is 5.82 Å². The lowest BCUT2D eigenvalue weighted by Gasteiger charge is -2.35. The third kappa shape index (κ3) is 4.81. The standard InChI is InChI=1S/C22H27FN2O3/c1-27-19-9-4-10-20(28-2)21(19)22(26)25-14-12-24(13-15-25)11-5-7-17-6-3-8-18(23)16-17/h3-4,6,8-10,16H,5,7,11-15H2,1-2H3. The lowest BCUT2D eigenvalue weighted by molar-refractivity contribution is 0.0629. The first-order valence-corrected chi connectivity index (χ1v) is 9.59. The average molecular weight is 386 g/mol. The van der Waals surface area contributed by atoms with Crippen molar-refractivity contribution in [1.29, 1.82) is 0 Å². The predicted octanol–water partition coefficient (Wildman–Crippen LogP) is 3.23. The predicted molar refractivity (Wildman–Crippen MR) is 107 cm³/mol. The van der Waals surface area contributed by atoms with Gasteiger partial charge in [-0.3, -0.25) is 9.69 Å². The van der Waals surface area contributed by atoms with Crippen molar-refractivity contribution in [2.75, 3.05) is 46.9 Å². The maximum atomic E-state index is 13.3. The van der Waals surface area contributed by atoms with E-state index in [2.05, 4.69) is 4.90 Å². The summed E-state index contributed by atoms with van der Waals surface area (Å²) in [5.41, 5.74) is 1.50. The number of rotatable bonds is 7. The number of benzene rings is 2. The largest absolute Gasteiger partial charge is 0.496 e. The number of nitrogens with zero attached hydrogens (tertiary/aromatic N) is 2.